The number of hydrogen-bond acceptors (Lipinski definition) is 5. The third-order valence-electron chi connectivity index (χ3n) is 3.58. The van der Waals surface area contributed by atoms with Crippen molar-refractivity contribution in [2.24, 2.45) is 0 Å². The molecule has 0 bridgehead atoms. The van der Waals surface area contributed by atoms with Crippen molar-refractivity contribution in [2.45, 2.75) is 51.2 Å². The predicted octanol–water partition coefficient (Wildman–Crippen LogP) is 3.55. The third-order valence-corrected chi connectivity index (χ3v) is 4.43. The Labute approximate surface area is 130 Å². The molecular formula is C16H24O4S. The molecule has 1 atom stereocenters. The van der Waals surface area contributed by atoms with Crippen LogP contribution in [0.25, 0.3) is 0 Å². The van der Waals surface area contributed by atoms with E-state index in [1.54, 1.807) is 11.3 Å². The van der Waals surface area contributed by atoms with Crippen molar-refractivity contribution in [3.05, 3.63) is 22.4 Å². The molecule has 1 saturated heterocycles. The fraction of sp³-hybridized carbons (Fsp3) is 0.688. The molecule has 2 rings (SSSR count). The Morgan fingerprint density at radius 3 is 2.86 bits per heavy atom. The smallest absolute Gasteiger partial charge is 0.340 e. The van der Waals surface area contributed by atoms with Crippen molar-refractivity contribution >= 4 is 17.3 Å². The fourth-order valence-corrected chi connectivity index (χ4v) is 2.89. The summed E-state index contributed by atoms with van der Waals surface area (Å²) in [4.78, 5) is 13.0. The maximum absolute atomic E-state index is 11.7. The first kappa shape index (κ1) is 16.5. The highest BCUT2D eigenvalue weighted by atomic mass is 32.1. The van der Waals surface area contributed by atoms with Crippen molar-refractivity contribution in [3.8, 4) is 0 Å². The molecule has 2 heterocycles. The maximum atomic E-state index is 11.7. The lowest BCUT2D eigenvalue weighted by Crippen LogP contribution is -2.27. The Balaban J connectivity index is 1.44. The molecule has 0 radical (unpaired) electrons. The van der Waals surface area contributed by atoms with Gasteiger partial charge in [0.1, 0.15) is 0 Å². The zero-order valence-electron chi connectivity index (χ0n) is 12.6. The predicted molar refractivity (Wildman–Crippen MR) is 82.4 cm³/mol. The number of thiophene rings is 1. The Morgan fingerprint density at radius 2 is 2.19 bits per heavy atom. The van der Waals surface area contributed by atoms with E-state index in [1.165, 1.54) is 4.88 Å². The van der Waals surface area contributed by atoms with Crippen molar-refractivity contribution < 1.29 is 19.0 Å². The number of hydrogen-bond donors (Lipinski definition) is 0. The highest BCUT2D eigenvalue weighted by Crippen LogP contribution is 2.34. The summed E-state index contributed by atoms with van der Waals surface area (Å²) in [7, 11) is 0. The second kappa shape index (κ2) is 8.51. The van der Waals surface area contributed by atoms with Crippen LogP contribution >= 0.6 is 11.3 Å². The third kappa shape index (κ3) is 5.41. The van der Waals surface area contributed by atoms with E-state index in [-0.39, 0.29) is 5.97 Å². The lowest BCUT2D eigenvalue weighted by molar-refractivity contribution is -0.149. The van der Waals surface area contributed by atoms with Gasteiger partial charge in [-0.2, -0.15) is 0 Å². The Kier molecular flexibility index (Phi) is 6.67. The number of rotatable bonds is 11. The zero-order chi connectivity index (χ0) is 15.0. The molecule has 0 amide bonds. The Bertz CT molecular complexity index is 412. The van der Waals surface area contributed by atoms with Gasteiger partial charge < -0.3 is 14.2 Å². The normalized spacial score (nSPS) is 20.4. The standard InChI is InChI=1S/C16H24O4S/c1-2-19-15(17)16(13-20-16)9-5-3-4-6-10-18-12-14-8-7-11-21-14/h7-8,11H,2-6,9-10,12-13H2,1H3/t16-/m1/s1. The summed E-state index contributed by atoms with van der Waals surface area (Å²) < 4.78 is 16.0. The highest BCUT2D eigenvalue weighted by molar-refractivity contribution is 7.09. The van der Waals surface area contributed by atoms with Gasteiger partial charge in [0, 0.05) is 11.5 Å². The lowest BCUT2D eigenvalue weighted by atomic mass is 10.0. The van der Waals surface area contributed by atoms with Gasteiger partial charge >= 0.3 is 5.97 Å². The molecule has 0 spiro atoms. The van der Waals surface area contributed by atoms with Gasteiger partial charge in [-0.15, -0.1) is 11.3 Å². The van der Waals surface area contributed by atoms with Crippen LogP contribution in [0.15, 0.2) is 17.5 Å². The number of carbonyl (C=O) groups is 1. The zero-order valence-corrected chi connectivity index (χ0v) is 13.5. The molecule has 0 aromatic carbocycles. The van der Waals surface area contributed by atoms with Crippen LogP contribution in [-0.2, 0) is 25.6 Å². The number of ether oxygens (including phenoxy) is 3. The molecule has 1 aromatic heterocycles. The minimum atomic E-state index is -0.605. The summed E-state index contributed by atoms with van der Waals surface area (Å²) >= 11 is 1.73. The quantitative estimate of drug-likeness (QED) is 0.356. The van der Waals surface area contributed by atoms with Crippen molar-refractivity contribution in [1.82, 2.24) is 0 Å². The Morgan fingerprint density at radius 1 is 1.38 bits per heavy atom. The van der Waals surface area contributed by atoms with E-state index < -0.39 is 5.60 Å². The number of epoxide rings is 1. The summed E-state index contributed by atoms with van der Waals surface area (Å²) in [6.07, 6.45) is 5.08. The molecule has 0 saturated carbocycles. The topological polar surface area (TPSA) is 48.1 Å². The number of esters is 1. The minimum Gasteiger partial charge on any atom is -0.464 e. The molecule has 118 valence electrons. The van der Waals surface area contributed by atoms with Crippen molar-refractivity contribution in [2.75, 3.05) is 19.8 Å². The summed E-state index contributed by atoms with van der Waals surface area (Å²) in [5.74, 6) is -0.190. The largest absolute Gasteiger partial charge is 0.464 e. The second-order valence-corrected chi connectivity index (χ2v) is 6.33. The van der Waals surface area contributed by atoms with Gasteiger partial charge in [-0.05, 0) is 37.6 Å². The minimum absolute atomic E-state index is 0.190. The molecule has 0 unspecified atom stereocenters. The number of unbranched alkanes of at least 4 members (excludes halogenated alkanes) is 3. The van der Waals surface area contributed by atoms with Crippen LogP contribution in [0.5, 0.6) is 0 Å². The van der Waals surface area contributed by atoms with E-state index in [0.717, 1.165) is 45.3 Å². The number of carbonyl (C=O) groups excluding carboxylic acids is 1. The maximum Gasteiger partial charge on any atom is 0.340 e. The first-order chi connectivity index (χ1) is 10.3. The van der Waals surface area contributed by atoms with Gasteiger partial charge in [0.2, 0.25) is 0 Å². The molecule has 5 heteroatoms. The van der Waals surface area contributed by atoms with Crippen molar-refractivity contribution in [1.29, 1.82) is 0 Å². The highest BCUT2D eigenvalue weighted by Gasteiger charge is 2.52. The molecule has 1 aliphatic rings. The van der Waals surface area contributed by atoms with E-state index in [2.05, 4.69) is 11.4 Å². The van der Waals surface area contributed by atoms with Gasteiger partial charge in [0.05, 0.1) is 19.8 Å². The molecule has 0 N–H and O–H groups in total. The van der Waals surface area contributed by atoms with Crippen LogP contribution in [0.4, 0.5) is 0 Å². The van der Waals surface area contributed by atoms with Gasteiger partial charge in [0.25, 0.3) is 0 Å². The molecule has 4 nitrogen and oxygen atoms in total. The molecular weight excluding hydrogens is 288 g/mol. The molecule has 1 fully saturated rings. The van der Waals surface area contributed by atoms with Gasteiger partial charge in [-0.1, -0.05) is 18.9 Å². The van der Waals surface area contributed by atoms with Crippen LogP contribution in [0.3, 0.4) is 0 Å². The van der Waals surface area contributed by atoms with Gasteiger partial charge in [-0.3, -0.25) is 0 Å². The average Bonchev–Trinajstić information content (AvgIpc) is 3.09. The van der Waals surface area contributed by atoms with Gasteiger partial charge in [0.15, 0.2) is 5.60 Å². The van der Waals surface area contributed by atoms with Crippen LogP contribution in [0.1, 0.15) is 43.9 Å². The molecule has 1 aliphatic heterocycles. The Hall–Kier alpha value is -0.910. The summed E-state index contributed by atoms with van der Waals surface area (Å²) in [6.45, 7) is 4.29. The first-order valence-corrected chi connectivity index (χ1v) is 8.56. The van der Waals surface area contributed by atoms with E-state index in [0.29, 0.717) is 13.2 Å². The van der Waals surface area contributed by atoms with Crippen LogP contribution in [0.2, 0.25) is 0 Å². The van der Waals surface area contributed by atoms with Crippen LogP contribution in [0, 0.1) is 0 Å². The first-order valence-electron chi connectivity index (χ1n) is 7.68. The van der Waals surface area contributed by atoms with Gasteiger partial charge in [-0.25, -0.2) is 4.79 Å². The SMILES string of the molecule is CCOC(=O)[C@@]1(CCCCCCOCc2cccs2)CO1. The van der Waals surface area contributed by atoms with E-state index in [1.807, 2.05) is 13.0 Å². The monoisotopic (exact) mass is 312 g/mol. The van der Waals surface area contributed by atoms with Crippen LogP contribution in [-0.4, -0.2) is 31.4 Å². The van der Waals surface area contributed by atoms with Crippen molar-refractivity contribution in [3.63, 3.8) is 0 Å². The average molecular weight is 312 g/mol. The summed E-state index contributed by atoms with van der Waals surface area (Å²) in [5.41, 5.74) is -0.605. The molecule has 0 aliphatic carbocycles. The second-order valence-electron chi connectivity index (χ2n) is 5.30. The van der Waals surface area contributed by atoms with E-state index in [4.69, 9.17) is 14.2 Å². The summed E-state index contributed by atoms with van der Waals surface area (Å²) in [6, 6.07) is 4.14. The van der Waals surface area contributed by atoms with E-state index >= 15 is 0 Å². The van der Waals surface area contributed by atoms with E-state index in [9.17, 15) is 4.79 Å². The molecule has 21 heavy (non-hydrogen) atoms. The summed E-state index contributed by atoms with van der Waals surface area (Å²) in [5, 5.41) is 2.07. The van der Waals surface area contributed by atoms with Crippen LogP contribution < -0.4 is 0 Å². The molecule has 1 aromatic rings. The fourth-order valence-electron chi connectivity index (χ4n) is 2.25. The lowest BCUT2D eigenvalue weighted by Gasteiger charge is -2.10.